The van der Waals surface area contributed by atoms with Crippen LogP contribution >= 0.6 is 0 Å². The fourth-order valence-electron chi connectivity index (χ4n) is 3.60. The van der Waals surface area contributed by atoms with Gasteiger partial charge in [0.25, 0.3) is 0 Å². The van der Waals surface area contributed by atoms with Crippen LogP contribution in [-0.2, 0) is 10.0 Å². The normalized spacial score (nSPS) is 21.6. The summed E-state index contributed by atoms with van der Waals surface area (Å²) in [6, 6.07) is 4.14. The van der Waals surface area contributed by atoms with E-state index in [9.17, 15) is 36.2 Å². The maximum Gasteiger partial charge on any atom is 0.245 e. The van der Waals surface area contributed by atoms with Crippen molar-refractivity contribution in [1.82, 2.24) is 4.31 Å². The van der Waals surface area contributed by atoms with Gasteiger partial charge in [-0.25, -0.2) is 26.0 Å². The van der Waals surface area contributed by atoms with Crippen molar-refractivity contribution in [2.24, 2.45) is 5.92 Å². The summed E-state index contributed by atoms with van der Waals surface area (Å²) >= 11 is 0. The van der Waals surface area contributed by atoms with Crippen LogP contribution in [0.5, 0.6) is 0 Å². The molecule has 6 nitrogen and oxygen atoms in total. The molecule has 0 aliphatic carbocycles. The monoisotopic (exact) mass is 476 g/mol. The molecule has 0 amide bonds. The van der Waals surface area contributed by atoms with E-state index in [0.717, 1.165) is 22.5 Å². The molecule has 1 saturated heterocycles. The van der Waals surface area contributed by atoms with Crippen LogP contribution in [0.1, 0.15) is 38.0 Å². The number of rotatable bonds is 5. The van der Waals surface area contributed by atoms with Crippen molar-refractivity contribution in [1.29, 1.82) is 0 Å². The lowest BCUT2D eigenvalue weighted by atomic mass is 9.95. The average Bonchev–Trinajstić information content (AvgIpc) is 2.72. The molecule has 3 unspecified atom stereocenters. The zero-order chi connectivity index (χ0) is 23.6. The largest absolute Gasteiger partial charge is 0.393 e. The molecule has 2 aromatic rings. The average molecular weight is 476 g/mol. The quantitative estimate of drug-likeness (QED) is 0.349. The molecule has 2 aromatic carbocycles. The highest BCUT2D eigenvalue weighted by molar-refractivity contribution is 7.89. The Labute approximate surface area is 183 Å². The highest BCUT2D eigenvalue weighted by atomic mass is 32.2. The van der Waals surface area contributed by atoms with Crippen molar-refractivity contribution in [2.75, 3.05) is 18.4 Å². The third-order valence-electron chi connectivity index (χ3n) is 5.57. The van der Waals surface area contributed by atoms with Gasteiger partial charge in [-0.2, -0.15) is 4.31 Å². The molecule has 176 valence electrons. The number of benzene rings is 2. The van der Waals surface area contributed by atoms with Gasteiger partial charge in [-0.15, -0.1) is 0 Å². The van der Waals surface area contributed by atoms with E-state index in [4.69, 9.17) is 0 Å². The highest BCUT2D eigenvalue weighted by Crippen LogP contribution is 2.28. The van der Waals surface area contributed by atoms with Gasteiger partial charge in [0.05, 0.1) is 6.10 Å². The summed E-state index contributed by atoms with van der Waals surface area (Å²) in [4.78, 5) is -0.671. The number of aliphatic hydroxyl groups is 2. The summed E-state index contributed by atoms with van der Waals surface area (Å²) < 4.78 is 81.6. The molecule has 3 rings (SSSR count). The van der Waals surface area contributed by atoms with Gasteiger partial charge >= 0.3 is 0 Å². The number of nitrogens with one attached hydrogen (secondary N) is 1. The number of nitrogens with zero attached hydrogens (tertiary/aromatic N) is 1. The molecular formula is C21H24F4N2O4S. The Balaban J connectivity index is 1.85. The summed E-state index contributed by atoms with van der Waals surface area (Å²) in [6.07, 6.45) is -1.03. The first-order valence-electron chi connectivity index (χ1n) is 10.1. The summed E-state index contributed by atoms with van der Waals surface area (Å²) in [5, 5.41) is 22.8. The van der Waals surface area contributed by atoms with Crippen molar-refractivity contribution >= 4 is 15.7 Å². The second kappa shape index (κ2) is 9.74. The molecule has 0 saturated carbocycles. The summed E-state index contributed by atoms with van der Waals surface area (Å²) in [5.74, 6) is -5.63. The van der Waals surface area contributed by atoms with Crippen LogP contribution in [0.4, 0.5) is 23.2 Å². The van der Waals surface area contributed by atoms with Crippen molar-refractivity contribution in [3.05, 3.63) is 59.2 Å². The number of hydrogen-bond acceptors (Lipinski definition) is 5. The molecule has 32 heavy (non-hydrogen) atoms. The van der Waals surface area contributed by atoms with Crippen molar-refractivity contribution in [3.63, 3.8) is 0 Å². The lowest BCUT2D eigenvalue weighted by Gasteiger charge is -2.29. The van der Waals surface area contributed by atoms with Crippen LogP contribution in [0.3, 0.4) is 0 Å². The Bertz CT molecular complexity index is 1060. The molecule has 3 atom stereocenters. The first-order valence-corrected chi connectivity index (χ1v) is 11.5. The van der Waals surface area contributed by atoms with E-state index in [1.165, 1.54) is 0 Å². The van der Waals surface area contributed by atoms with Crippen LogP contribution in [0.15, 0.2) is 35.2 Å². The minimum atomic E-state index is -4.28. The van der Waals surface area contributed by atoms with Gasteiger partial charge in [-0.05, 0) is 37.3 Å². The third kappa shape index (κ3) is 5.22. The van der Waals surface area contributed by atoms with Gasteiger partial charge in [0.2, 0.25) is 10.0 Å². The van der Waals surface area contributed by atoms with Crippen molar-refractivity contribution in [2.45, 2.75) is 43.4 Å². The van der Waals surface area contributed by atoms with E-state index in [2.05, 4.69) is 5.32 Å². The van der Waals surface area contributed by atoms with Gasteiger partial charge in [0.1, 0.15) is 10.7 Å². The van der Waals surface area contributed by atoms with Gasteiger partial charge in [-0.3, -0.25) is 0 Å². The molecule has 11 heteroatoms. The Morgan fingerprint density at radius 3 is 2.34 bits per heavy atom. The molecule has 1 heterocycles. The zero-order valence-corrected chi connectivity index (χ0v) is 18.0. The van der Waals surface area contributed by atoms with Crippen LogP contribution in [0, 0.1) is 29.2 Å². The number of anilines is 1. The Kier molecular flexibility index (Phi) is 7.43. The van der Waals surface area contributed by atoms with Gasteiger partial charge in [-0.1, -0.05) is 13.0 Å². The predicted molar refractivity (Wildman–Crippen MR) is 109 cm³/mol. The SMILES string of the molecule is CC1CCCN(S(=O)(=O)c2cc(C(O)Nc3cc(F)c(F)c(F)c3)ccc2F)CCC1O. The maximum absolute atomic E-state index is 14.5. The Hall–Kier alpha value is -2.21. The molecule has 0 radical (unpaired) electrons. The van der Waals surface area contributed by atoms with Crippen LogP contribution in [0.2, 0.25) is 0 Å². The minimum Gasteiger partial charge on any atom is -0.393 e. The Morgan fingerprint density at radius 1 is 1.03 bits per heavy atom. The van der Waals surface area contributed by atoms with Crippen molar-refractivity contribution < 1.29 is 36.2 Å². The van der Waals surface area contributed by atoms with Crippen LogP contribution in [0.25, 0.3) is 0 Å². The first-order chi connectivity index (χ1) is 15.0. The Morgan fingerprint density at radius 2 is 1.69 bits per heavy atom. The number of sulfonamides is 1. The fourth-order valence-corrected chi connectivity index (χ4v) is 5.19. The van der Waals surface area contributed by atoms with Gasteiger partial charge in [0.15, 0.2) is 23.7 Å². The molecule has 1 aliphatic rings. The standard InChI is InChI=1S/C21H24F4N2O4S/c1-12-3-2-7-27(8-6-18(12)28)32(30,31)19-9-13(4-5-15(19)22)21(29)26-14-10-16(23)20(25)17(24)11-14/h4-5,9-12,18,21,26,28-29H,2-3,6-8H2,1H3. The lowest BCUT2D eigenvalue weighted by molar-refractivity contribution is 0.0862. The molecular weight excluding hydrogens is 452 g/mol. The lowest BCUT2D eigenvalue weighted by Crippen LogP contribution is -2.38. The first kappa shape index (κ1) is 24.4. The number of hydrogen-bond donors (Lipinski definition) is 3. The van der Waals surface area contributed by atoms with Gasteiger partial charge < -0.3 is 15.5 Å². The molecule has 1 aliphatic heterocycles. The summed E-state index contributed by atoms with van der Waals surface area (Å²) in [7, 11) is -4.28. The molecule has 1 fully saturated rings. The van der Waals surface area contributed by atoms with E-state index >= 15 is 0 Å². The minimum absolute atomic E-state index is 0.00639. The maximum atomic E-state index is 14.5. The summed E-state index contributed by atoms with van der Waals surface area (Å²) in [5.41, 5.74) is -0.384. The summed E-state index contributed by atoms with van der Waals surface area (Å²) in [6.45, 7) is 2.04. The second-order valence-electron chi connectivity index (χ2n) is 7.87. The van der Waals surface area contributed by atoms with Gasteiger partial charge in [0, 0.05) is 36.5 Å². The van der Waals surface area contributed by atoms with Crippen molar-refractivity contribution in [3.8, 4) is 0 Å². The zero-order valence-electron chi connectivity index (χ0n) is 17.2. The predicted octanol–water partition coefficient (Wildman–Crippen LogP) is 3.52. The topological polar surface area (TPSA) is 89.9 Å². The van der Waals surface area contributed by atoms with E-state index in [1.54, 1.807) is 0 Å². The van der Waals surface area contributed by atoms with E-state index in [-0.39, 0.29) is 36.7 Å². The third-order valence-corrected chi connectivity index (χ3v) is 7.49. The number of aliphatic hydroxyl groups excluding tert-OH is 2. The highest BCUT2D eigenvalue weighted by Gasteiger charge is 2.31. The van der Waals surface area contributed by atoms with Crippen LogP contribution in [-0.4, -0.2) is 42.1 Å². The van der Waals surface area contributed by atoms with E-state index < -0.39 is 50.5 Å². The molecule has 0 spiro atoms. The van der Waals surface area contributed by atoms with Crippen LogP contribution < -0.4 is 5.32 Å². The smallest absolute Gasteiger partial charge is 0.245 e. The number of halogens is 4. The van der Waals surface area contributed by atoms with E-state index in [0.29, 0.717) is 25.0 Å². The second-order valence-corrected chi connectivity index (χ2v) is 9.78. The molecule has 3 N–H and O–H groups in total. The molecule has 0 bridgehead atoms. The molecule has 0 aromatic heterocycles. The van der Waals surface area contributed by atoms with E-state index in [1.807, 2.05) is 6.92 Å². The fraction of sp³-hybridized carbons (Fsp3) is 0.429.